The quantitative estimate of drug-likeness (QED) is 0.461. The van der Waals surface area contributed by atoms with E-state index in [1.54, 1.807) is 62.8 Å². The highest BCUT2D eigenvalue weighted by molar-refractivity contribution is 7.90. The first-order chi connectivity index (χ1) is 15.0. The fraction of sp³-hybridized carbons (Fsp3) is 0.130. The lowest BCUT2D eigenvalue weighted by molar-refractivity contribution is 0.356. The zero-order valence-electron chi connectivity index (χ0n) is 17.1. The summed E-state index contributed by atoms with van der Waals surface area (Å²) in [7, 11) is -0.250. The number of hydrogen-bond acceptors (Lipinski definition) is 7. The number of fused-ring (bicyclic) bond motifs is 1. The Morgan fingerprint density at radius 1 is 0.871 bits per heavy atom. The molecule has 0 atom stereocenters. The van der Waals surface area contributed by atoms with Crippen molar-refractivity contribution in [1.82, 2.24) is 9.97 Å². The summed E-state index contributed by atoms with van der Waals surface area (Å²) in [6.07, 6.45) is 1.47. The first kappa shape index (κ1) is 20.6. The van der Waals surface area contributed by atoms with Crippen molar-refractivity contribution in [3.63, 3.8) is 0 Å². The summed E-state index contributed by atoms with van der Waals surface area (Å²) >= 11 is 0. The smallest absolute Gasteiger partial charge is 0.182 e. The third-order valence-corrected chi connectivity index (χ3v) is 6.52. The minimum absolute atomic E-state index is 0.0648. The van der Waals surface area contributed by atoms with Crippen molar-refractivity contribution in [3.8, 4) is 11.5 Å². The van der Waals surface area contributed by atoms with Gasteiger partial charge in [-0.2, -0.15) is 0 Å². The Bertz CT molecular complexity index is 1310. The van der Waals surface area contributed by atoms with Gasteiger partial charge < -0.3 is 14.8 Å². The molecule has 7 nitrogen and oxygen atoms in total. The summed E-state index contributed by atoms with van der Waals surface area (Å²) < 4.78 is 35.9. The van der Waals surface area contributed by atoms with Crippen molar-refractivity contribution in [1.29, 1.82) is 0 Å². The number of anilines is 2. The number of ether oxygens (including phenoxy) is 2. The Kier molecular flexibility index (Phi) is 5.73. The minimum atomic E-state index is -3.39. The van der Waals surface area contributed by atoms with Crippen molar-refractivity contribution < 1.29 is 17.9 Å². The Morgan fingerprint density at radius 3 is 2.23 bits per heavy atom. The average Bonchev–Trinajstić information content (AvgIpc) is 2.80. The van der Waals surface area contributed by atoms with Crippen LogP contribution in [0.5, 0.6) is 11.5 Å². The van der Waals surface area contributed by atoms with Crippen LogP contribution < -0.4 is 14.8 Å². The molecule has 0 fully saturated rings. The van der Waals surface area contributed by atoms with Crippen molar-refractivity contribution in [2.75, 3.05) is 19.5 Å². The first-order valence-electron chi connectivity index (χ1n) is 9.50. The molecule has 4 rings (SSSR count). The number of nitrogens with one attached hydrogen (secondary N) is 1. The molecule has 1 N–H and O–H groups in total. The summed E-state index contributed by atoms with van der Waals surface area (Å²) in [6, 6.07) is 19.3. The van der Waals surface area contributed by atoms with Crippen LogP contribution >= 0.6 is 0 Å². The Morgan fingerprint density at radius 2 is 1.55 bits per heavy atom. The fourth-order valence-corrected chi connectivity index (χ4v) is 4.60. The van der Waals surface area contributed by atoms with Gasteiger partial charge in [0.2, 0.25) is 0 Å². The zero-order chi connectivity index (χ0) is 21.8. The minimum Gasteiger partial charge on any atom is -0.493 e. The van der Waals surface area contributed by atoms with Gasteiger partial charge in [-0.05, 0) is 35.9 Å². The van der Waals surface area contributed by atoms with Gasteiger partial charge in [-0.15, -0.1) is 0 Å². The second-order valence-corrected chi connectivity index (χ2v) is 8.83. The molecule has 0 spiro atoms. The van der Waals surface area contributed by atoms with Crippen LogP contribution in [0, 0.1) is 0 Å². The molecule has 0 radical (unpaired) electrons. The number of rotatable bonds is 7. The van der Waals surface area contributed by atoms with E-state index in [0.717, 1.165) is 11.1 Å². The SMILES string of the molecule is COc1cc2ncnc(Nc3ccc(CS(=O)(=O)c4ccccc4)cc3)c2cc1OC. The van der Waals surface area contributed by atoms with Crippen LogP contribution in [0.15, 0.2) is 78.0 Å². The number of nitrogens with zero attached hydrogens (tertiary/aromatic N) is 2. The maximum atomic E-state index is 12.6. The summed E-state index contributed by atoms with van der Waals surface area (Å²) in [6.45, 7) is 0. The Hall–Kier alpha value is -3.65. The average molecular weight is 436 g/mol. The lowest BCUT2D eigenvalue weighted by Crippen LogP contribution is -2.05. The van der Waals surface area contributed by atoms with E-state index in [1.807, 2.05) is 18.2 Å². The van der Waals surface area contributed by atoms with E-state index < -0.39 is 9.84 Å². The van der Waals surface area contributed by atoms with Gasteiger partial charge in [0.15, 0.2) is 21.3 Å². The highest BCUT2D eigenvalue weighted by atomic mass is 32.2. The van der Waals surface area contributed by atoms with Gasteiger partial charge in [0.05, 0.1) is 30.4 Å². The van der Waals surface area contributed by atoms with Gasteiger partial charge in [-0.3, -0.25) is 0 Å². The van der Waals surface area contributed by atoms with Crippen LogP contribution in [-0.4, -0.2) is 32.6 Å². The summed E-state index contributed by atoms with van der Waals surface area (Å²) in [5.41, 5.74) is 2.18. The standard InChI is InChI=1S/C23H21N3O4S/c1-29-21-12-19-20(13-22(21)30-2)24-15-25-23(19)26-17-10-8-16(9-11-17)14-31(27,28)18-6-4-3-5-7-18/h3-13,15H,14H2,1-2H3,(H,24,25,26). The van der Waals surface area contributed by atoms with Crippen molar-refractivity contribution in [2.45, 2.75) is 10.6 Å². The topological polar surface area (TPSA) is 90.4 Å². The molecule has 158 valence electrons. The summed E-state index contributed by atoms with van der Waals surface area (Å²) in [5.74, 6) is 1.71. The molecule has 1 aromatic heterocycles. The molecule has 0 saturated carbocycles. The van der Waals surface area contributed by atoms with Gasteiger partial charge in [-0.25, -0.2) is 18.4 Å². The molecule has 4 aromatic rings. The second kappa shape index (κ2) is 8.61. The highest BCUT2D eigenvalue weighted by Gasteiger charge is 2.15. The van der Waals surface area contributed by atoms with Crippen LogP contribution in [0.2, 0.25) is 0 Å². The first-order valence-corrected chi connectivity index (χ1v) is 11.2. The largest absolute Gasteiger partial charge is 0.493 e. The number of aromatic nitrogens is 2. The molecule has 0 aliphatic carbocycles. The lowest BCUT2D eigenvalue weighted by Gasteiger charge is -2.12. The molecule has 3 aromatic carbocycles. The molecule has 1 heterocycles. The van der Waals surface area contributed by atoms with Gasteiger partial charge in [0, 0.05) is 17.1 Å². The monoisotopic (exact) mass is 435 g/mol. The van der Waals surface area contributed by atoms with E-state index in [2.05, 4.69) is 15.3 Å². The van der Waals surface area contributed by atoms with Crippen LogP contribution in [0.25, 0.3) is 10.9 Å². The second-order valence-electron chi connectivity index (χ2n) is 6.84. The maximum absolute atomic E-state index is 12.6. The van der Waals surface area contributed by atoms with Crippen molar-refractivity contribution >= 4 is 32.2 Å². The molecule has 31 heavy (non-hydrogen) atoms. The number of benzene rings is 3. The van der Waals surface area contributed by atoms with E-state index in [1.165, 1.54) is 6.33 Å². The van der Waals surface area contributed by atoms with Crippen molar-refractivity contribution in [3.05, 3.63) is 78.6 Å². The molecule has 0 aliphatic rings. The third kappa shape index (κ3) is 4.44. The predicted molar refractivity (Wildman–Crippen MR) is 120 cm³/mol. The molecule has 0 bridgehead atoms. The van der Waals surface area contributed by atoms with Gasteiger partial charge in [0.1, 0.15) is 12.1 Å². The fourth-order valence-electron chi connectivity index (χ4n) is 3.23. The number of methoxy groups -OCH3 is 2. The maximum Gasteiger partial charge on any atom is 0.182 e. The van der Waals surface area contributed by atoms with E-state index in [-0.39, 0.29) is 5.75 Å². The summed E-state index contributed by atoms with van der Waals surface area (Å²) in [5, 5.41) is 4.03. The third-order valence-electron chi connectivity index (χ3n) is 4.82. The Labute approximate surface area is 180 Å². The van der Waals surface area contributed by atoms with Gasteiger partial charge in [0.25, 0.3) is 0 Å². The van der Waals surface area contributed by atoms with Crippen LogP contribution in [-0.2, 0) is 15.6 Å². The molecule has 0 saturated heterocycles. The zero-order valence-corrected chi connectivity index (χ0v) is 17.9. The van der Waals surface area contributed by atoms with E-state index >= 15 is 0 Å². The normalized spacial score (nSPS) is 11.3. The van der Waals surface area contributed by atoms with E-state index in [4.69, 9.17) is 9.47 Å². The molecular formula is C23H21N3O4S. The molecule has 8 heteroatoms. The van der Waals surface area contributed by atoms with E-state index in [9.17, 15) is 8.42 Å². The lowest BCUT2D eigenvalue weighted by atomic mass is 10.2. The predicted octanol–water partition coefficient (Wildman–Crippen LogP) is 4.36. The van der Waals surface area contributed by atoms with Crippen LogP contribution in [0.1, 0.15) is 5.56 Å². The molecule has 0 aliphatic heterocycles. The van der Waals surface area contributed by atoms with Gasteiger partial charge in [-0.1, -0.05) is 30.3 Å². The summed E-state index contributed by atoms with van der Waals surface area (Å²) in [4.78, 5) is 8.95. The van der Waals surface area contributed by atoms with Crippen LogP contribution in [0.4, 0.5) is 11.5 Å². The molecular weight excluding hydrogens is 414 g/mol. The Balaban J connectivity index is 1.58. The van der Waals surface area contributed by atoms with Crippen LogP contribution in [0.3, 0.4) is 0 Å². The highest BCUT2D eigenvalue weighted by Crippen LogP contribution is 2.34. The van der Waals surface area contributed by atoms with Gasteiger partial charge >= 0.3 is 0 Å². The van der Waals surface area contributed by atoms with Crippen molar-refractivity contribution in [2.24, 2.45) is 0 Å². The number of sulfone groups is 1. The molecule has 0 amide bonds. The molecule has 0 unspecified atom stereocenters. The number of hydrogen-bond donors (Lipinski definition) is 1. The van der Waals surface area contributed by atoms with E-state index in [0.29, 0.717) is 33.3 Å².